The summed E-state index contributed by atoms with van der Waals surface area (Å²) >= 11 is 12.3. The van der Waals surface area contributed by atoms with Crippen molar-refractivity contribution in [1.82, 2.24) is 4.31 Å². The average molecular weight is 455 g/mol. The van der Waals surface area contributed by atoms with Crippen molar-refractivity contribution < 1.29 is 13.2 Å². The van der Waals surface area contributed by atoms with Gasteiger partial charge in [0, 0.05) is 13.1 Å². The highest BCUT2D eigenvalue weighted by atomic mass is 35.5. The Balaban J connectivity index is 1.83. The van der Waals surface area contributed by atoms with Gasteiger partial charge in [0.25, 0.3) is 0 Å². The summed E-state index contributed by atoms with van der Waals surface area (Å²) in [6, 6.07) is 8.72. The molecule has 2 aromatic rings. The molecule has 8 heteroatoms. The van der Waals surface area contributed by atoms with Gasteiger partial charge in [-0.25, -0.2) is 8.42 Å². The van der Waals surface area contributed by atoms with Crippen LogP contribution in [0, 0.1) is 26.7 Å². The molecule has 0 aromatic heterocycles. The van der Waals surface area contributed by atoms with Gasteiger partial charge in [0.1, 0.15) is 0 Å². The van der Waals surface area contributed by atoms with Crippen molar-refractivity contribution in [2.24, 2.45) is 5.92 Å². The van der Waals surface area contributed by atoms with Crippen LogP contribution in [0.1, 0.15) is 29.5 Å². The quantitative estimate of drug-likeness (QED) is 0.709. The smallest absolute Gasteiger partial charge is 0.243 e. The van der Waals surface area contributed by atoms with Crippen LogP contribution in [0.2, 0.25) is 10.0 Å². The van der Waals surface area contributed by atoms with E-state index in [0.717, 1.165) is 16.7 Å². The van der Waals surface area contributed by atoms with E-state index in [2.05, 4.69) is 5.32 Å². The first-order chi connectivity index (χ1) is 13.6. The summed E-state index contributed by atoms with van der Waals surface area (Å²) in [4.78, 5) is 13.1. The van der Waals surface area contributed by atoms with Gasteiger partial charge in [0.2, 0.25) is 15.9 Å². The van der Waals surface area contributed by atoms with Gasteiger partial charge in [0.05, 0.1) is 26.5 Å². The molecule has 1 unspecified atom stereocenters. The predicted molar refractivity (Wildman–Crippen MR) is 117 cm³/mol. The number of hydrogen-bond donors (Lipinski definition) is 1. The summed E-state index contributed by atoms with van der Waals surface area (Å²) in [6.45, 7) is 6.08. The number of sulfonamides is 1. The Hall–Kier alpha value is -1.60. The molecule has 1 heterocycles. The zero-order valence-electron chi connectivity index (χ0n) is 16.6. The summed E-state index contributed by atoms with van der Waals surface area (Å²) in [6.07, 6.45) is 1.21. The molecule has 1 fully saturated rings. The molecule has 0 radical (unpaired) electrons. The second-order valence-corrected chi connectivity index (χ2v) is 10.2. The van der Waals surface area contributed by atoms with Crippen molar-refractivity contribution in [3.05, 3.63) is 57.1 Å². The largest absolute Gasteiger partial charge is 0.323 e. The molecule has 3 rings (SSSR count). The Morgan fingerprint density at radius 3 is 2.28 bits per heavy atom. The van der Waals surface area contributed by atoms with Crippen molar-refractivity contribution in [3.8, 4) is 0 Å². The van der Waals surface area contributed by atoms with E-state index in [1.807, 2.05) is 19.1 Å². The maximum atomic E-state index is 13.3. The molecule has 29 heavy (non-hydrogen) atoms. The highest BCUT2D eigenvalue weighted by Gasteiger charge is 2.35. The van der Waals surface area contributed by atoms with Crippen molar-refractivity contribution in [1.29, 1.82) is 0 Å². The lowest BCUT2D eigenvalue weighted by Gasteiger charge is -2.32. The van der Waals surface area contributed by atoms with E-state index in [-0.39, 0.29) is 12.5 Å². The number of para-hydroxylation sites is 1. The molecule has 0 spiro atoms. The normalized spacial score (nSPS) is 17.9. The Labute approximate surface area is 182 Å². The van der Waals surface area contributed by atoms with Crippen LogP contribution in [-0.2, 0) is 14.8 Å². The monoisotopic (exact) mass is 454 g/mol. The standard InChI is InChI=1S/C21H24Cl2N2O3S/c1-13-10-14(2)20(15(3)11-13)29(27,28)25-9-5-6-16(12-25)21(26)24-19-17(22)7-4-8-18(19)23/h4,7-8,10-11,16H,5-6,9,12H2,1-3H3,(H,24,26). The van der Waals surface area contributed by atoms with Gasteiger partial charge >= 0.3 is 0 Å². The summed E-state index contributed by atoms with van der Waals surface area (Å²) in [5.74, 6) is -0.755. The average Bonchev–Trinajstić information content (AvgIpc) is 2.63. The fourth-order valence-electron chi connectivity index (χ4n) is 3.92. The lowest BCUT2D eigenvalue weighted by molar-refractivity contribution is -0.120. The molecular formula is C21H24Cl2N2O3S. The second-order valence-electron chi connectivity index (χ2n) is 7.52. The third-order valence-electron chi connectivity index (χ3n) is 5.17. The van der Waals surface area contributed by atoms with Crippen molar-refractivity contribution in [2.45, 2.75) is 38.5 Å². The van der Waals surface area contributed by atoms with Crippen LogP contribution >= 0.6 is 23.2 Å². The van der Waals surface area contributed by atoms with E-state index in [1.165, 1.54) is 4.31 Å². The van der Waals surface area contributed by atoms with Gasteiger partial charge in [-0.05, 0) is 56.9 Å². The summed E-state index contributed by atoms with van der Waals surface area (Å²) in [5.41, 5.74) is 2.81. The second kappa shape index (κ2) is 8.64. The number of hydrogen-bond acceptors (Lipinski definition) is 3. The van der Waals surface area contributed by atoms with Crippen LogP contribution in [0.15, 0.2) is 35.2 Å². The van der Waals surface area contributed by atoms with Crippen LogP contribution < -0.4 is 5.32 Å². The number of halogens is 2. The van der Waals surface area contributed by atoms with Crippen LogP contribution in [0.5, 0.6) is 0 Å². The van der Waals surface area contributed by atoms with Gasteiger partial charge in [-0.1, -0.05) is 47.0 Å². The van der Waals surface area contributed by atoms with E-state index < -0.39 is 15.9 Å². The fraction of sp³-hybridized carbons (Fsp3) is 0.381. The number of benzene rings is 2. The molecule has 1 aliphatic rings. The molecule has 0 bridgehead atoms. The number of amides is 1. The van der Waals surface area contributed by atoms with Gasteiger partial charge in [-0.3, -0.25) is 4.79 Å². The number of nitrogens with one attached hydrogen (secondary N) is 1. The highest BCUT2D eigenvalue weighted by molar-refractivity contribution is 7.89. The maximum absolute atomic E-state index is 13.3. The predicted octanol–water partition coefficient (Wildman–Crippen LogP) is 4.96. The van der Waals surface area contributed by atoms with Crippen LogP contribution in [0.4, 0.5) is 5.69 Å². The minimum atomic E-state index is -3.69. The first kappa shape index (κ1) is 22.1. The fourth-order valence-corrected chi connectivity index (χ4v) is 6.35. The topological polar surface area (TPSA) is 66.5 Å². The van der Waals surface area contributed by atoms with E-state index in [4.69, 9.17) is 23.2 Å². The third kappa shape index (κ3) is 4.61. The summed E-state index contributed by atoms with van der Waals surface area (Å²) in [7, 11) is -3.69. The number of rotatable bonds is 4. The van der Waals surface area contributed by atoms with E-state index >= 15 is 0 Å². The Bertz CT molecular complexity index is 1010. The molecule has 0 aliphatic carbocycles. The number of carbonyl (C=O) groups is 1. The van der Waals surface area contributed by atoms with Gasteiger partial charge < -0.3 is 5.32 Å². The Kier molecular flexibility index (Phi) is 6.58. The third-order valence-corrected chi connectivity index (χ3v) is 7.97. The van der Waals surface area contributed by atoms with Gasteiger partial charge in [-0.15, -0.1) is 0 Å². The van der Waals surface area contributed by atoms with Crippen LogP contribution in [0.25, 0.3) is 0 Å². The number of aryl methyl sites for hydroxylation is 3. The number of piperidine rings is 1. The molecule has 1 amide bonds. The lowest BCUT2D eigenvalue weighted by atomic mass is 9.98. The number of carbonyl (C=O) groups excluding carboxylic acids is 1. The molecule has 2 aromatic carbocycles. The Morgan fingerprint density at radius 1 is 1.10 bits per heavy atom. The molecule has 1 aliphatic heterocycles. The van der Waals surface area contributed by atoms with E-state index in [9.17, 15) is 13.2 Å². The van der Waals surface area contributed by atoms with E-state index in [1.54, 1.807) is 32.0 Å². The van der Waals surface area contributed by atoms with Crippen molar-refractivity contribution in [2.75, 3.05) is 18.4 Å². The molecule has 156 valence electrons. The zero-order valence-corrected chi connectivity index (χ0v) is 19.0. The minimum Gasteiger partial charge on any atom is -0.323 e. The first-order valence-corrected chi connectivity index (χ1v) is 11.6. The minimum absolute atomic E-state index is 0.128. The van der Waals surface area contributed by atoms with Crippen molar-refractivity contribution in [3.63, 3.8) is 0 Å². The molecule has 0 saturated carbocycles. The SMILES string of the molecule is Cc1cc(C)c(S(=O)(=O)N2CCCC(C(=O)Nc3c(Cl)cccc3Cl)C2)c(C)c1. The van der Waals surface area contributed by atoms with Crippen LogP contribution in [-0.4, -0.2) is 31.7 Å². The molecule has 1 saturated heterocycles. The number of nitrogens with zero attached hydrogens (tertiary/aromatic N) is 1. The zero-order chi connectivity index (χ0) is 21.3. The lowest BCUT2D eigenvalue weighted by Crippen LogP contribution is -2.44. The molecule has 1 N–H and O–H groups in total. The molecular weight excluding hydrogens is 431 g/mol. The van der Waals surface area contributed by atoms with Crippen LogP contribution in [0.3, 0.4) is 0 Å². The summed E-state index contributed by atoms with van der Waals surface area (Å²) < 4.78 is 28.1. The highest BCUT2D eigenvalue weighted by Crippen LogP contribution is 2.32. The maximum Gasteiger partial charge on any atom is 0.243 e. The number of anilines is 1. The Morgan fingerprint density at radius 2 is 1.69 bits per heavy atom. The first-order valence-electron chi connectivity index (χ1n) is 9.44. The van der Waals surface area contributed by atoms with Gasteiger partial charge in [-0.2, -0.15) is 4.31 Å². The van der Waals surface area contributed by atoms with Gasteiger partial charge in [0.15, 0.2) is 0 Å². The van der Waals surface area contributed by atoms with E-state index in [0.29, 0.717) is 40.0 Å². The molecule has 5 nitrogen and oxygen atoms in total. The molecule has 1 atom stereocenters. The summed E-state index contributed by atoms with van der Waals surface area (Å²) in [5, 5.41) is 3.45. The van der Waals surface area contributed by atoms with Crippen molar-refractivity contribution >= 4 is 44.8 Å².